The molecule has 5 aromatic rings. The monoisotopic (exact) mass is 821 g/mol. The summed E-state index contributed by atoms with van der Waals surface area (Å²) in [7, 11) is 0. The number of nitrogens with zero attached hydrogens (tertiary/aromatic N) is 6. The van der Waals surface area contributed by atoms with Crippen molar-refractivity contribution in [3.8, 4) is 23.0 Å². The van der Waals surface area contributed by atoms with Crippen LogP contribution < -0.4 is 37.3 Å². The molecule has 0 bridgehead atoms. The number of halogens is 3. The summed E-state index contributed by atoms with van der Waals surface area (Å²) in [5, 5.41) is 11.5. The first-order valence-corrected chi connectivity index (χ1v) is 18.9. The minimum absolute atomic E-state index is 0.0145. The van der Waals surface area contributed by atoms with Gasteiger partial charge in [0, 0.05) is 48.4 Å². The number of fused-ring (bicyclic) bond motifs is 1. The van der Waals surface area contributed by atoms with Crippen molar-refractivity contribution >= 4 is 51.8 Å². The Morgan fingerprint density at radius 3 is 2.50 bits per heavy atom. The average Bonchev–Trinajstić information content (AvgIpc) is 3.56. The van der Waals surface area contributed by atoms with Crippen LogP contribution >= 0.6 is 11.6 Å². The van der Waals surface area contributed by atoms with Crippen molar-refractivity contribution in [2.45, 2.75) is 58.7 Å². The van der Waals surface area contributed by atoms with Crippen LogP contribution in [0.2, 0.25) is 5.02 Å². The normalized spacial score (nSPS) is 12.2. The number of pyridine rings is 1. The van der Waals surface area contributed by atoms with Gasteiger partial charge in [-0.2, -0.15) is 5.10 Å². The Bertz CT molecular complexity index is 2210. The molecule has 0 saturated heterocycles. The molecule has 308 valence electrons. The third kappa shape index (κ3) is 11.3. The standard InChI is InChI=1S/C39H46ClF2N11O5/c1-4-56-23-17-27(41)25(28(42)18-23)21-53-31-11-6-5-9-24(31)34(52-53)36-48-20-32(35(51-36)49-30-12-14-46-19-26(30)40)57-15-8-16-58-38(55)33(22(2)3)50-37(54)29(43)10-7-13-47-39(44)45/h5-6,9,11-12,14,17-20,22,29,33H,4,7-8,10,13,15-16,21,43H2,1-3H3,(H,50,54)(H4,44,45,47)(H,46,48,49,51)/t29-,33?/m0/s1. The molecular weight excluding hydrogens is 776 g/mol. The maximum atomic E-state index is 15.1. The van der Waals surface area contributed by atoms with Gasteiger partial charge in [-0.1, -0.05) is 43.6 Å². The molecule has 3 heterocycles. The number of nitrogens with one attached hydrogen (secondary N) is 2. The van der Waals surface area contributed by atoms with Gasteiger partial charge in [-0.3, -0.25) is 19.5 Å². The average molecular weight is 822 g/mol. The van der Waals surface area contributed by atoms with Gasteiger partial charge in [0.1, 0.15) is 29.1 Å². The number of para-hydroxylation sites is 1. The van der Waals surface area contributed by atoms with Crippen molar-refractivity contribution in [1.82, 2.24) is 30.0 Å². The van der Waals surface area contributed by atoms with E-state index in [0.29, 0.717) is 46.7 Å². The number of anilines is 2. The maximum absolute atomic E-state index is 15.1. The van der Waals surface area contributed by atoms with E-state index >= 15 is 8.78 Å². The lowest BCUT2D eigenvalue weighted by Crippen LogP contribution is -2.51. The van der Waals surface area contributed by atoms with E-state index in [2.05, 4.69) is 25.6 Å². The van der Waals surface area contributed by atoms with Crippen LogP contribution in [0.25, 0.3) is 22.4 Å². The van der Waals surface area contributed by atoms with Crippen LogP contribution in [0, 0.1) is 17.6 Å². The molecule has 2 atom stereocenters. The van der Waals surface area contributed by atoms with Crippen molar-refractivity contribution in [3.63, 3.8) is 0 Å². The topological polar surface area (TPSA) is 233 Å². The highest BCUT2D eigenvalue weighted by Crippen LogP contribution is 2.33. The zero-order valence-corrected chi connectivity index (χ0v) is 33.0. The fraction of sp³-hybridized carbons (Fsp3) is 0.359. The van der Waals surface area contributed by atoms with Gasteiger partial charge < -0.3 is 42.0 Å². The quantitative estimate of drug-likeness (QED) is 0.0306. The highest BCUT2D eigenvalue weighted by Gasteiger charge is 2.28. The van der Waals surface area contributed by atoms with Gasteiger partial charge >= 0.3 is 5.97 Å². The van der Waals surface area contributed by atoms with E-state index in [-0.39, 0.29) is 73.4 Å². The molecule has 1 unspecified atom stereocenters. The van der Waals surface area contributed by atoms with E-state index in [0.717, 1.165) is 12.1 Å². The molecule has 0 aliphatic heterocycles. The zero-order valence-electron chi connectivity index (χ0n) is 32.3. The Morgan fingerprint density at radius 1 is 1.03 bits per heavy atom. The van der Waals surface area contributed by atoms with E-state index in [1.54, 1.807) is 45.2 Å². The molecule has 2 aromatic carbocycles. The van der Waals surface area contributed by atoms with Gasteiger partial charge in [-0.25, -0.2) is 23.5 Å². The van der Waals surface area contributed by atoms with Crippen LogP contribution in [0.3, 0.4) is 0 Å². The van der Waals surface area contributed by atoms with E-state index in [1.807, 2.05) is 12.1 Å². The first-order valence-electron chi connectivity index (χ1n) is 18.6. The van der Waals surface area contributed by atoms with Crippen LogP contribution in [0.5, 0.6) is 11.5 Å². The minimum atomic E-state index is -0.919. The molecule has 0 saturated carbocycles. The van der Waals surface area contributed by atoms with E-state index in [4.69, 9.17) is 53.1 Å². The molecule has 5 rings (SSSR count). The van der Waals surface area contributed by atoms with E-state index in [9.17, 15) is 9.59 Å². The Hall–Kier alpha value is -6.14. The lowest BCUT2D eigenvalue weighted by molar-refractivity contribution is -0.149. The summed E-state index contributed by atoms with van der Waals surface area (Å²) < 4.78 is 48.5. The van der Waals surface area contributed by atoms with Crippen molar-refractivity contribution in [1.29, 1.82) is 0 Å². The number of nitrogens with two attached hydrogens (primary N) is 3. The Morgan fingerprint density at radius 2 is 1.79 bits per heavy atom. The summed E-state index contributed by atoms with van der Waals surface area (Å²) in [5.41, 5.74) is 17.9. The summed E-state index contributed by atoms with van der Waals surface area (Å²) >= 11 is 6.42. The summed E-state index contributed by atoms with van der Waals surface area (Å²) in [6, 6.07) is 9.35. The highest BCUT2D eigenvalue weighted by molar-refractivity contribution is 6.33. The number of hydrogen-bond acceptors (Lipinski definition) is 12. The molecule has 0 fully saturated rings. The van der Waals surface area contributed by atoms with Gasteiger partial charge in [0.2, 0.25) is 5.91 Å². The van der Waals surface area contributed by atoms with Crippen LogP contribution in [0.4, 0.5) is 20.3 Å². The number of esters is 1. The molecule has 0 aliphatic rings. The molecule has 0 radical (unpaired) electrons. The number of carbonyl (C=O) groups is 2. The molecule has 58 heavy (non-hydrogen) atoms. The van der Waals surface area contributed by atoms with Gasteiger partial charge in [0.05, 0.1) is 54.8 Å². The summed E-state index contributed by atoms with van der Waals surface area (Å²) in [5.74, 6) is -2.20. The molecule has 0 spiro atoms. The number of hydrogen-bond donors (Lipinski definition) is 5. The molecule has 19 heteroatoms. The molecular formula is C39H46ClF2N11O5. The van der Waals surface area contributed by atoms with E-state index in [1.165, 1.54) is 17.1 Å². The molecule has 16 nitrogen and oxygen atoms in total. The number of benzene rings is 2. The van der Waals surface area contributed by atoms with Crippen molar-refractivity contribution in [2.24, 2.45) is 28.1 Å². The number of aliphatic imine (C=N–C) groups is 1. The number of carbonyl (C=O) groups excluding carboxylic acids is 2. The highest BCUT2D eigenvalue weighted by atomic mass is 35.5. The largest absolute Gasteiger partial charge is 0.494 e. The number of amides is 1. The Kier molecular flexibility index (Phi) is 15.1. The summed E-state index contributed by atoms with van der Waals surface area (Å²) in [6.45, 7) is 5.73. The number of rotatable bonds is 20. The third-order valence-electron chi connectivity index (χ3n) is 8.70. The number of ether oxygens (including phenoxy) is 3. The fourth-order valence-corrected chi connectivity index (χ4v) is 5.91. The fourth-order valence-electron chi connectivity index (χ4n) is 5.74. The van der Waals surface area contributed by atoms with Gasteiger partial charge in [-0.15, -0.1) is 0 Å². The Labute approximate surface area is 338 Å². The SMILES string of the molecule is CCOc1cc(F)c(Cn2nc(-c3ncc(OCCCOC(=O)C(NC(=O)[C@@H](N)CCCN=C(N)N)C(C)C)c(Nc4ccncc4Cl)n3)c3ccccc32)c(F)c1. The van der Waals surface area contributed by atoms with Crippen molar-refractivity contribution < 1.29 is 32.6 Å². The molecule has 1 amide bonds. The Balaban J connectivity index is 1.29. The van der Waals surface area contributed by atoms with Gasteiger partial charge in [0.25, 0.3) is 0 Å². The van der Waals surface area contributed by atoms with Gasteiger partial charge in [0.15, 0.2) is 23.4 Å². The van der Waals surface area contributed by atoms with Crippen LogP contribution in [0.1, 0.15) is 45.6 Å². The zero-order chi connectivity index (χ0) is 41.8. The second-order valence-corrected chi connectivity index (χ2v) is 13.8. The lowest BCUT2D eigenvalue weighted by atomic mass is 10.0. The van der Waals surface area contributed by atoms with Crippen LogP contribution in [-0.2, 0) is 20.9 Å². The smallest absolute Gasteiger partial charge is 0.328 e. The summed E-state index contributed by atoms with van der Waals surface area (Å²) in [6.07, 6.45) is 5.55. The third-order valence-corrected chi connectivity index (χ3v) is 9.00. The number of aromatic nitrogens is 5. The van der Waals surface area contributed by atoms with Crippen LogP contribution in [-0.4, -0.2) is 81.0 Å². The molecule has 0 aliphatic carbocycles. The first kappa shape index (κ1) is 43.0. The van der Waals surface area contributed by atoms with Crippen LogP contribution in [0.15, 0.2) is 66.0 Å². The number of guanidine groups is 1. The second-order valence-electron chi connectivity index (χ2n) is 13.4. The van der Waals surface area contributed by atoms with Gasteiger partial charge in [-0.05, 0) is 37.8 Å². The van der Waals surface area contributed by atoms with Crippen molar-refractivity contribution in [2.75, 3.05) is 31.7 Å². The second kappa shape index (κ2) is 20.3. The van der Waals surface area contributed by atoms with Crippen molar-refractivity contribution in [3.05, 3.63) is 83.3 Å². The lowest BCUT2D eigenvalue weighted by Gasteiger charge is -2.22. The predicted octanol–water partition coefficient (Wildman–Crippen LogP) is 4.84. The maximum Gasteiger partial charge on any atom is 0.328 e. The molecule has 8 N–H and O–H groups in total. The molecule has 3 aromatic heterocycles. The first-order chi connectivity index (χ1) is 27.9. The minimum Gasteiger partial charge on any atom is -0.494 e. The predicted molar refractivity (Wildman–Crippen MR) is 216 cm³/mol. The van der Waals surface area contributed by atoms with E-state index < -0.39 is 35.6 Å². The summed E-state index contributed by atoms with van der Waals surface area (Å²) in [4.78, 5) is 42.9.